The third-order valence-electron chi connectivity index (χ3n) is 3.29. The van der Waals surface area contributed by atoms with Gasteiger partial charge in [0.1, 0.15) is 5.82 Å². The number of benzene rings is 1. The number of amides is 1. The number of carbonyl (C=O) groups is 1. The standard InChI is InChI=1S/C15H18FNO3/c16-13-3-1-2-12(10-13)4-5-14(18)17-11-15(19)6-8-20-9-7-15/h1-5,10,19H,6-9,11H2,(H,17,18). The Morgan fingerprint density at radius 2 is 2.20 bits per heavy atom. The number of hydrogen-bond acceptors (Lipinski definition) is 3. The molecule has 2 rings (SSSR count). The highest BCUT2D eigenvalue weighted by atomic mass is 19.1. The molecule has 0 atom stereocenters. The summed E-state index contributed by atoms with van der Waals surface area (Å²) < 4.78 is 18.1. The molecule has 0 spiro atoms. The summed E-state index contributed by atoms with van der Waals surface area (Å²) in [5.74, 6) is -0.654. The Labute approximate surface area is 117 Å². The summed E-state index contributed by atoms with van der Waals surface area (Å²) in [5.41, 5.74) is -0.273. The van der Waals surface area contributed by atoms with Crippen LogP contribution in [0.2, 0.25) is 0 Å². The maximum atomic E-state index is 13.0. The molecule has 2 N–H and O–H groups in total. The SMILES string of the molecule is O=C(C=Cc1cccc(F)c1)NCC1(O)CCOCC1. The van der Waals surface area contributed by atoms with Crippen LogP contribution in [0.4, 0.5) is 4.39 Å². The molecule has 0 aromatic heterocycles. The van der Waals surface area contributed by atoms with Gasteiger partial charge in [-0.2, -0.15) is 0 Å². The first-order chi connectivity index (χ1) is 9.57. The number of carbonyl (C=O) groups excluding carboxylic acids is 1. The summed E-state index contributed by atoms with van der Waals surface area (Å²) in [6, 6.07) is 5.98. The maximum Gasteiger partial charge on any atom is 0.244 e. The molecule has 1 saturated heterocycles. The summed E-state index contributed by atoms with van der Waals surface area (Å²) in [6.45, 7) is 1.21. The zero-order chi connectivity index (χ0) is 14.4. The van der Waals surface area contributed by atoms with Crippen LogP contribution in [0.25, 0.3) is 6.08 Å². The summed E-state index contributed by atoms with van der Waals surface area (Å²) in [4.78, 5) is 11.7. The molecule has 0 radical (unpaired) electrons. The lowest BCUT2D eigenvalue weighted by molar-refractivity contribution is -0.119. The van der Waals surface area contributed by atoms with Gasteiger partial charge in [-0.1, -0.05) is 12.1 Å². The van der Waals surface area contributed by atoms with Crippen molar-refractivity contribution in [3.05, 3.63) is 41.7 Å². The highest BCUT2D eigenvalue weighted by Gasteiger charge is 2.29. The first-order valence-electron chi connectivity index (χ1n) is 6.59. The average molecular weight is 279 g/mol. The molecular formula is C15H18FNO3. The minimum Gasteiger partial charge on any atom is -0.388 e. The molecular weight excluding hydrogens is 261 g/mol. The monoisotopic (exact) mass is 279 g/mol. The van der Waals surface area contributed by atoms with Crippen LogP contribution in [0.3, 0.4) is 0 Å². The lowest BCUT2D eigenvalue weighted by atomic mass is 9.94. The number of ether oxygens (including phenoxy) is 1. The smallest absolute Gasteiger partial charge is 0.244 e. The Hall–Kier alpha value is -1.72. The van der Waals surface area contributed by atoms with E-state index in [1.54, 1.807) is 12.1 Å². The van der Waals surface area contributed by atoms with Gasteiger partial charge in [-0.25, -0.2) is 4.39 Å². The number of halogens is 1. The Balaban J connectivity index is 1.83. The van der Waals surface area contributed by atoms with E-state index in [1.807, 2.05) is 0 Å². The summed E-state index contributed by atoms with van der Waals surface area (Å²) >= 11 is 0. The van der Waals surface area contributed by atoms with E-state index in [0.717, 1.165) is 0 Å². The van der Waals surface area contributed by atoms with Gasteiger partial charge in [0.15, 0.2) is 0 Å². The van der Waals surface area contributed by atoms with E-state index < -0.39 is 5.60 Å². The summed E-state index contributed by atoms with van der Waals surface area (Å²) in [5, 5.41) is 12.8. The number of aliphatic hydroxyl groups is 1. The molecule has 1 aliphatic heterocycles. The van der Waals surface area contributed by atoms with Crippen LogP contribution < -0.4 is 5.32 Å². The Kier molecular flexibility index (Phi) is 4.87. The molecule has 0 unspecified atom stereocenters. The fourth-order valence-corrected chi connectivity index (χ4v) is 2.02. The normalized spacial score (nSPS) is 18.1. The zero-order valence-electron chi connectivity index (χ0n) is 11.1. The van der Waals surface area contributed by atoms with Gasteiger partial charge in [0.25, 0.3) is 0 Å². The summed E-state index contributed by atoms with van der Waals surface area (Å²) in [7, 11) is 0. The van der Waals surface area contributed by atoms with E-state index >= 15 is 0 Å². The van der Waals surface area contributed by atoms with Crippen LogP contribution in [0, 0.1) is 5.82 Å². The van der Waals surface area contributed by atoms with Gasteiger partial charge in [0, 0.05) is 38.7 Å². The molecule has 4 nitrogen and oxygen atoms in total. The number of nitrogens with one attached hydrogen (secondary N) is 1. The van der Waals surface area contributed by atoms with Crippen molar-refractivity contribution in [2.75, 3.05) is 19.8 Å². The molecule has 1 aromatic rings. The van der Waals surface area contributed by atoms with Crippen LogP contribution in [0.15, 0.2) is 30.3 Å². The van der Waals surface area contributed by atoms with Gasteiger partial charge in [-0.3, -0.25) is 4.79 Å². The molecule has 5 heteroatoms. The van der Waals surface area contributed by atoms with Gasteiger partial charge in [0.05, 0.1) is 5.60 Å². The van der Waals surface area contributed by atoms with Crippen molar-refractivity contribution in [2.45, 2.75) is 18.4 Å². The highest BCUT2D eigenvalue weighted by Crippen LogP contribution is 2.19. The quantitative estimate of drug-likeness (QED) is 0.821. The van der Waals surface area contributed by atoms with Crippen LogP contribution in [-0.2, 0) is 9.53 Å². The third kappa shape index (κ3) is 4.43. The molecule has 1 aliphatic rings. The van der Waals surface area contributed by atoms with E-state index in [2.05, 4.69) is 5.32 Å². The van der Waals surface area contributed by atoms with E-state index in [9.17, 15) is 14.3 Å². The predicted octanol–water partition coefficient (Wildman–Crippen LogP) is 1.50. The average Bonchev–Trinajstić information content (AvgIpc) is 2.44. The summed E-state index contributed by atoms with van der Waals surface area (Å²) in [6.07, 6.45) is 3.89. The van der Waals surface area contributed by atoms with E-state index in [1.165, 1.54) is 24.3 Å². The zero-order valence-corrected chi connectivity index (χ0v) is 11.1. The molecule has 1 heterocycles. The van der Waals surface area contributed by atoms with Gasteiger partial charge in [-0.05, 0) is 23.8 Å². The van der Waals surface area contributed by atoms with Gasteiger partial charge in [-0.15, -0.1) is 0 Å². The fraction of sp³-hybridized carbons (Fsp3) is 0.400. The molecule has 20 heavy (non-hydrogen) atoms. The first-order valence-corrected chi connectivity index (χ1v) is 6.59. The van der Waals surface area contributed by atoms with Crippen molar-refractivity contribution >= 4 is 12.0 Å². The third-order valence-corrected chi connectivity index (χ3v) is 3.29. The second-order valence-corrected chi connectivity index (χ2v) is 4.94. The van der Waals surface area contributed by atoms with Gasteiger partial charge in [0.2, 0.25) is 5.91 Å². The maximum absolute atomic E-state index is 13.0. The molecule has 1 aromatic carbocycles. The minimum atomic E-state index is -0.888. The fourth-order valence-electron chi connectivity index (χ4n) is 2.02. The second kappa shape index (κ2) is 6.63. The number of rotatable bonds is 4. The predicted molar refractivity (Wildman–Crippen MR) is 73.4 cm³/mol. The van der Waals surface area contributed by atoms with E-state index in [4.69, 9.17) is 4.74 Å². The van der Waals surface area contributed by atoms with Crippen LogP contribution in [-0.4, -0.2) is 36.4 Å². The van der Waals surface area contributed by atoms with Crippen LogP contribution in [0.1, 0.15) is 18.4 Å². The first kappa shape index (κ1) is 14.7. The van der Waals surface area contributed by atoms with Crippen molar-refractivity contribution in [1.82, 2.24) is 5.32 Å². The molecule has 108 valence electrons. The molecule has 1 fully saturated rings. The van der Waals surface area contributed by atoms with Gasteiger partial charge < -0.3 is 15.2 Å². The van der Waals surface area contributed by atoms with Crippen molar-refractivity contribution < 1.29 is 19.0 Å². The Morgan fingerprint density at radius 1 is 1.45 bits per heavy atom. The molecule has 0 aliphatic carbocycles. The number of hydrogen-bond donors (Lipinski definition) is 2. The Morgan fingerprint density at radius 3 is 2.90 bits per heavy atom. The second-order valence-electron chi connectivity index (χ2n) is 4.94. The van der Waals surface area contributed by atoms with E-state index in [-0.39, 0.29) is 18.3 Å². The van der Waals surface area contributed by atoms with Crippen molar-refractivity contribution in [2.24, 2.45) is 0 Å². The lowest BCUT2D eigenvalue weighted by Gasteiger charge is -2.31. The van der Waals surface area contributed by atoms with Gasteiger partial charge >= 0.3 is 0 Å². The van der Waals surface area contributed by atoms with E-state index in [0.29, 0.717) is 31.6 Å². The lowest BCUT2D eigenvalue weighted by Crippen LogP contribution is -2.46. The molecule has 0 bridgehead atoms. The van der Waals surface area contributed by atoms with Crippen molar-refractivity contribution in [1.29, 1.82) is 0 Å². The minimum absolute atomic E-state index is 0.197. The molecule has 1 amide bonds. The topological polar surface area (TPSA) is 58.6 Å². The largest absolute Gasteiger partial charge is 0.388 e. The Bertz CT molecular complexity index is 496. The van der Waals surface area contributed by atoms with Crippen molar-refractivity contribution in [3.63, 3.8) is 0 Å². The highest BCUT2D eigenvalue weighted by molar-refractivity contribution is 5.91. The molecule has 0 saturated carbocycles. The van der Waals surface area contributed by atoms with Crippen LogP contribution >= 0.6 is 0 Å². The van der Waals surface area contributed by atoms with Crippen LogP contribution in [0.5, 0.6) is 0 Å². The van der Waals surface area contributed by atoms with Crippen molar-refractivity contribution in [3.8, 4) is 0 Å².